The monoisotopic (exact) mass is 473 g/mol. The van der Waals surface area contributed by atoms with E-state index in [1.807, 2.05) is 13.0 Å². The first-order chi connectivity index (χ1) is 16.4. The molecule has 0 aliphatic carbocycles. The highest BCUT2D eigenvalue weighted by molar-refractivity contribution is 5.69. The maximum atomic E-state index is 12.2. The summed E-state index contributed by atoms with van der Waals surface area (Å²) in [6.07, 6.45) is 2.97. The smallest absolute Gasteiger partial charge is 0.409 e. The van der Waals surface area contributed by atoms with Crippen LogP contribution < -0.4 is 0 Å². The van der Waals surface area contributed by atoms with Crippen molar-refractivity contribution in [2.75, 3.05) is 27.3 Å². The zero-order chi connectivity index (χ0) is 24.7. The number of hydrogen-bond donors (Lipinski definition) is 0. The molecule has 2 atom stereocenters. The molecule has 0 aromatic carbocycles. The van der Waals surface area contributed by atoms with Crippen LogP contribution in [0.25, 0.3) is 11.4 Å². The minimum atomic E-state index is -0.382. The number of carbonyl (C=O) groups excluding carboxylic acids is 2. The third-order valence-corrected chi connectivity index (χ3v) is 6.16. The molecule has 2 unspecified atom stereocenters. The first-order valence-electron chi connectivity index (χ1n) is 11.8. The number of nitrogens with zero attached hydrogens (tertiary/aromatic N) is 5. The number of aryl methyl sites for hydroxylation is 2. The van der Waals surface area contributed by atoms with Gasteiger partial charge < -0.3 is 19.1 Å². The average molecular weight is 474 g/mol. The van der Waals surface area contributed by atoms with Crippen LogP contribution >= 0.6 is 0 Å². The molecule has 3 rings (SSSR count). The molecule has 186 valence electrons. The molecule has 2 aromatic rings. The number of esters is 1. The van der Waals surface area contributed by atoms with Crippen molar-refractivity contribution in [3.8, 4) is 11.4 Å². The van der Waals surface area contributed by atoms with Gasteiger partial charge in [-0.15, -0.1) is 5.10 Å². The van der Waals surface area contributed by atoms with Crippen molar-refractivity contribution in [1.29, 1.82) is 0 Å². The van der Waals surface area contributed by atoms with Gasteiger partial charge in [0.15, 0.2) is 0 Å². The third kappa shape index (κ3) is 6.11. The fraction of sp³-hybridized carbons (Fsp3) is 0.625. The van der Waals surface area contributed by atoms with E-state index in [2.05, 4.69) is 23.3 Å². The summed E-state index contributed by atoms with van der Waals surface area (Å²) in [5, 5.41) is 8.42. The summed E-state index contributed by atoms with van der Waals surface area (Å²) in [5.41, 5.74) is 4.13. The van der Waals surface area contributed by atoms with Crippen LogP contribution in [0, 0.1) is 0 Å². The van der Waals surface area contributed by atoms with Crippen LogP contribution in [0.3, 0.4) is 0 Å². The largest absolute Gasteiger partial charge is 0.469 e. The SMILES string of the molecule is CCCN(C)C(=O)OCc1c(-c2ccc(C3CCOC(CC(=O)OC)C3)c(CC)n2)nnn1C. The van der Waals surface area contributed by atoms with Crippen LogP contribution in [0.1, 0.15) is 62.4 Å². The lowest BCUT2D eigenvalue weighted by Crippen LogP contribution is -2.28. The number of aromatic nitrogens is 4. The molecule has 1 fully saturated rings. The summed E-state index contributed by atoms with van der Waals surface area (Å²) < 4.78 is 17.7. The first-order valence-corrected chi connectivity index (χ1v) is 11.8. The van der Waals surface area contributed by atoms with Crippen LogP contribution in [-0.4, -0.2) is 70.4 Å². The summed E-state index contributed by atoms with van der Waals surface area (Å²) in [4.78, 5) is 30.4. The maximum absolute atomic E-state index is 12.2. The molecule has 1 saturated heterocycles. The number of amides is 1. The lowest BCUT2D eigenvalue weighted by Gasteiger charge is -2.30. The fourth-order valence-electron chi connectivity index (χ4n) is 4.28. The first kappa shape index (κ1) is 25.6. The summed E-state index contributed by atoms with van der Waals surface area (Å²) in [7, 11) is 4.88. The van der Waals surface area contributed by atoms with Gasteiger partial charge in [0.25, 0.3) is 0 Å². The molecular formula is C24H35N5O5. The molecule has 0 spiro atoms. The van der Waals surface area contributed by atoms with Crippen LogP contribution in [-0.2, 0) is 39.1 Å². The second-order valence-corrected chi connectivity index (χ2v) is 8.56. The molecule has 1 aliphatic heterocycles. The zero-order valence-corrected chi connectivity index (χ0v) is 20.7. The van der Waals surface area contributed by atoms with E-state index in [1.54, 1.807) is 23.7 Å². The van der Waals surface area contributed by atoms with Gasteiger partial charge in [-0.25, -0.2) is 9.48 Å². The Morgan fingerprint density at radius 3 is 2.79 bits per heavy atom. The summed E-state index contributed by atoms with van der Waals surface area (Å²) in [5.74, 6) is 0.00268. The summed E-state index contributed by atoms with van der Waals surface area (Å²) >= 11 is 0. The van der Waals surface area contributed by atoms with E-state index in [0.717, 1.165) is 31.4 Å². The molecule has 0 saturated carbocycles. The van der Waals surface area contributed by atoms with Crippen molar-refractivity contribution in [1.82, 2.24) is 24.9 Å². The molecule has 1 amide bonds. The second-order valence-electron chi connectivity index (χ2n) is 8.56. The molecular weight excluding hydrogens is 438 g/mol. The van der Waals surface area contributed by atoms with E-state index in [4.69, 9.17) is 19.2 Å². The van der Waals surface area contributed by atoms with E-state index in [-0.39, 0.29) is 37.1 Å². The van der Waals surface area contributed by atoms with Gasteiger partial charge in [0.05, 0.1) is 25.3 Å². The van der Waals surface area contributed by atoms with Gasteiger partial charge in [0.1, 0.15) is 18.0 Å². The molecule has 10 heteroatoms. The normalized spacial score (nSPS) is 17.9. The van der Waals surface area contributed by atoms with Gasteiger partial charge in [0, 0.05) is 32.9 Å². The highest BCUT2D eigenvalue weighted by Gasteiger charge is 2.28. The van der Waals surface area contributed by atoms with Gasteiger partial charge in [-0.3, -0.25) is 9.78 Å². The highest BCUT2D eigenvalue weighted by Crippen LogP contribution is 2.34. The van der Waals surface area contributed by atoms with Gasteiger partial charge in [0.2, 0.25) is 0 Å². The molecule has 3 heterocycles. The minimum absolute atomic E-state index is 0.0613. The number of carbonyl (C=O) groups is 2. The van der Waals surface area contributed by atoms with Gasteiger partial charge in [-0.1, -0.05) is 25.1 Å². The van der Waals surface area contributed by atoms with Crippen molar-refractivity contribution < 1.29 is 23.8 Å². The Hall–Kier alpha value is -3.01. The molecule has 1 aliphatic rings. The Morgan fingerprint density at radius 2 is 2.09 bits per heavy atom. The van der Waals surface area contributed by atoms with Crippen LogP contribution in [0.2, 0.25) is 0 Å². The van der Waals surface area contributed by atoms with E-state index >= 15 is 0 Å². The lowest BCUT2D eigenvalue weighted by atomic mass is 9.86. The third-order valence-electron chi connectivity index (χ3n) is 6.16. The van der Waals surface area contributed by atoms with Gasteiger partial charge in [-0.05, 0) is 43.2 Å². The van der Waals surface area contributed by atoms with Crippen LogP contribution in [0.4, 0.5) is 4.79 Å². The predicted molar refractivity (Wildman–Crippen MR) is 125 cm³/mol. The number of methoxy groups -OCH3 is 1. The Bertz CT molecular complexity index is 992. The molecule has 0 bridgehead atoms. The number of ether oxygens (including phenoxy) is 3. The van der Waals surface area contributed by atoms with E-state index < -0.39 is 0 Å². The number of pyridine rings is 1. The lowest BCUT2D eigenvalue weighted by molar-refractivity contribution is -0.144. The van der Waals surface area contributed by atoms with Crippen molar-refractivity contribution >= 4 is 12.1 Å². The summed E-state index contributed by atoms with van der Waals surface area (Å²) in [6, 6.07) is 4.03. The predicted octanol–water partition coefficient (Wildman–Crippen LogP) is 3.24. The molecule has 10 nitrogen and oxygen atoms in total. The topological polar surface area (TPSA) is 109 Å². The number of hydrogen-bond acceptors (Lipinski definition) is 8. The maximum Gasteiger partial charge on any atom is 0.409 e. The van der Waals surface area contributed by atoms with Gasteiger partial charge >= 0.3 is 12.1 Å². The summed E-state index contributed by atoms with van der Waals surface area (Å²) in [6.45, 7) is 5.37. The minimum Gasteiger partial charge on any atom is -0.469 e. The zero-order valence-electron chi connectivity index (χ0n) is 20.7. The quantitative estimate of drug-likeness (QED) is 0.511. The highest BCUT2D eigenvalue weighted by atomic mass is 16.6. The van der Waals surface area contributed by atoms with Crippen molar-refractivity contribution in [2.45, 2.75) is 64.6 Å². The van der Waals surface area contributed by atoms with Crippen molar-refractivity contribution in [3.05, 3.63) is 29.1 Å². The molecule has 0 N–H and O–H groups in total. The van der Waals surface area contributed by atoms with Crippen molar-refractivity contribution in [3.63, 3.8) is 0 Å². The Kier molecular flexibility index (Phi) is 8.98. The fourth-order valence-corrected chi connectivity index (χ4v) is 4.28. The van der Waals surface area contributed by atoms with E-state index in [1.165, 1.54) is 12.7 Å². The van der Waals surface area contributed by atoms with Crippen molar-refractivity contribution in [2.24, 2.45) is 7.05 Å². The molecule has 34 heavy (non-hydrogen) atoms. The Labute approximate surface area is 200 Å². The van der Waals surface area contributed by atoms with Crippen LogP contribution in [0.5, 0.6) is 0 Å². The van der Waals surface area contributed by atoms with E-state index in [9.17, 15) is 9.59 Å². The van der Waals surface area contributed by atoms with Crippen LogP contribution in [0.15, 0.2) is 12.1 Å². The second kappa shape index (κ2) is 11.9. The number of rotatable bonds is 9. The molecule has 2 aromatic heterocycles. The average Bonchev–Trinajstić information content (AvgIpc) is 3.22. The van der Waals surface area contributed by atoms with E-state index in [0.29, 0.717) is 30.2 Å². The Balaban J connectivity index is 1.78. The molecule has 0 radical (unpaired) electrons. The van der Waals surface area contributed by atoms with Gasteiger partial charge in [-0.2, -0.15) is 0 Å². The Morgan fingerprint density at radius 1 is 1.29 bits per heavy atom. The standard InChI is InChI=1S/C24H35N5O5/c1-6-11-28(3)24(31)34-15-21-23(26-27-29(21)4)20-9-8-18(19(7-2)25-20)16-10-12-33-17(13-16)14-22(30)32-5/h8-9,16-17H,6-7,10-15H2,1-5H3.